The molecule has 1 rings (SSSR count). The molecule has 0 amide bonds. The van der Waals surface area contributed by atoms with Crippen molar-refractivity contribution in [3.8, 4) is 0 Å². The monoisotopic (exact) mass is 307 g/mol. The van der Waals surface area contributed by atoms with Gasteiger partial charge in [0.15, 0.2) is 0 Å². The van der Waals surface area contributed by atoms with Gasteiger partial charge >= 0.3 is 0 Å². The van der Waals surface area contributed by atoms with Crippen LogP contribution < -0.4 is 4.72 Å². The smallest absolute Gasteiger partial charge is 0.279 e. The lowest BCUT2D eigenvalue weighted by molar-refractivity contribution is -0.0158. The summed E-state index contributed by atoms with van der Waals surface area (Å²) in [5.74, 6) is 0. The van der Waals surface area contributed by atoms with Gasteiger partial charge in [0.2, 0.25) is 0 Å². The van der Waals surface area contributed by atoms with Crippen LogP contribution in [0, 0.1) is 0 Å². The minimum atomic E-state index is -3.38. The highest BCUT2D eigenvalue weighted by Gasteiger charge is 2.33. The summed E-state index contributed by atoms with van der Waals surface area (Å²) in [7, 11) is -3.38. The molecule has 0 spiro atoms. The molecule has 0 aromatic rings. The molecule has 7 heteroatoms. The van der Waals surface area contributed by atoms with Gasteiger partial charge in [0.05, 0.1) is 13.2 Å². The lowest BCUT2D eigenvalue weighted by Gasteiger charge is -2.43. The third-order valence-corrected chi connectivity index (χ3v) is 5.92. The van der Waals surface area contributed by atoms with Gasteiger partial charge < -0.3 is 4.74 Å². The van der Waals surface area contributed by atoms with Crippen molar-refractivity contribution in [1.82, 2.24) is 13.9 Å². The number of nitrogens with zero attached hydrogens (tertiary/aromatic N) is 2. The van der Waals surface area contributed by atoms with Gasteiger partial charge in [-0.1, -0.05) is 20.8 Å². The third kappa shape index (κ3) is 4.39. The minimum absolute atomic E-state index is 0.163. The Kier molecular flexibility index (Phi) is 6.87. The summed E-state index contributed by atoms with van der Waals surface area (Å²) in [4.78, 5) is 2.32. The molecule has 0 bridgehead atoms. The molecular formula is C13H29N3O3S. The highest BCUT2D eigenvalue weighted by atomic mass is 32.2. The molecule has 1 fully saturated rings. The van der Waals surface area contributed by atoms with Crippen LogP contribution in [-0.4, -0.2) is 69.1 Å². The summed E-state index contributed by atoms with van der Waals surface area (Å²) in [6, 6.07) is 0. The zero-order valence-electron chi connectivity index (χ0n) is 13.2. The summed E-state index contributed by atoms with van der Waals surface area (Å²) < 4.78 is 34.0. The topological polar surface area (TPSA) is 61.9 Å². The first kappa shape index (κ1) is 17.8. The molecule has 0 saturated carbocycles. The Bertz CT molecular complexity index is 378. The van der Waals surface area contributed by atoms with Crippen molar-refractivity contribution < 1.29 is 13.2 Å². The van der Waals surface area contributed by atoms with Crippen LogP contribution in [0.1, 0.15) is 34.1 Å². The molecule has 1 heterocycles. The predicted molar refractivity (Wildman–Crippen MR) is 80.9 cm³/mol. The Morgan fingerprint density at radius 2 is 1.75 bits per heavy atom. The molecule has 20 heavy (non-hydrogen) atoms. The number of hydrogen-bond acceptors (Lipinski definition) is 4. The van der Waals surface area contributed by atoms with E-state index >= 15 is 0 Å². The Morgan fingerprint density at radius 3 is 2.20 bits per heavy atom. The Labute approximate surface area is 123 Å². The summed E-state index contributed by atoms with van der Waals surface area (Å²) in [6.45, 7) is 12.5. The first-order valence-electron chi connectivity index (χ1n) is 7.47. The lowest BCUT2D eigenvalue weighted by Crippen LogP contribution is -2.58. The number of nitrogens with one attached hydrogen (secondary N) is 1. The fraction of sp³-hybridized carbons (Fsp3) is 1.00. The fourth-order valence-corrected chi connectivity index (χ4v) is 3.82. The van der Waals surface area contributed by atoms with E-state index in [-0.39, 0.29) is 5.54 Å². The molecule has 0 aromatic heterocycles. The molecular weight excluding hydrogens is 278 g/mol. The van der Waals surface area contributed by atoms with Crippen LogP contribution in [0.2, 0.25) is 0 Å². The molecule has 0 radical (unpaired) electrons. The second kappa shape index (κ2) is 7.70. The molecule has 1 unspecified atom stereocenters. The highest BCUT2D eigenvalue weighted by molar-refractivity contribution is 7.87. The second-order valence-corrected chi connectivity index (χ2v) is 7.12. The normalized spacial score (nSPS) is 21.1. The van der Waals surface area contributed by atoms with Gasteiger partial charge in [-0.05, 0) is 13.3 Å². The number of morpholine rings is 1. The Balaban J connectivity index is 2.68. The first-order chi connectivity index (χ1) is 9.39. The van der Waals surface area contributed by atoms with Gasteiger partial charge in [-0.2, -0.15) is 12.7 Å². The van der Waals surface area contributed by atoms with Crippen LogP contribution in [-0.2, 0) is 14.9 Å². The van der Waals surface area contributed by atoms with Crippen molar-refractivity contribution in [2.45, 2.75) is 39.7 Å². The molecule has 1 aliphatic heterocycles. The Morgan fingerprint density at radius 1 is 1.20 bits per heavy atom. The van der Waals surface area contributed by atoms with Crippen molar-refractivity contribution in [3.63, 3.8) is 0 Å². The van der Waals surface area contributed by atoms with Gasteiger partial charge in [-0.3, -0.25) is 4.90 Å². The highest BCUT2D eigenvalue weighted by Crippen LogP contribution is 2.20. The van der Waals surface area contributed by atoms with Crippen LogP contribution in [0.5, 0.6) is 0 Å². The van der Waals surface area contributed by atoms with Gasteiger partial charge in [-0.15, -0.1) is 0 Å². The summed E-state index contributed by atoms with van der Waals surface area (Å²) >= 11 is 0. The summed E-state index contributed by atoms with van der Waals surface area (Å²) in [5, 5.41) is 0. The molecule has 6 nitrogen and oxygen atoms in total. The Hall–Kier alpha value is -0.210. The second-order valence-electron chi connectivity index (χ2n) is 5.36. The zero-order chi connectivity index (χ0) is 15.2. The van der Waals surface area contributed by atoms with E-state index in [2.05, 4.69) is 23.5 Å². The quantitative estimate of drug-likeness (QED) is 0.716. The van der Waals surface area contributed by atoms with E-state index in [0.717, 1.165) is 32.7 Å². The number of hydrogen-bond donors (Lipinski definition) is 1. The minimum Gasteiger partial charge on any atom is -0.379 e. The van der Waals surface area contributed by atoms with Crippen LogP contribution in [0.3, 0.4) is 0 Å². The average Bonchev–Trinajstić information content (AvgIpc) is 2.47. The molecule has 1 aliphatic rings. The number of rotatable bonds is 8. The largest absolute Gasteiger partial charge is 0.379 e. The molecule has 1 atom stereocenters. The molecule has 120 valence electrons. The zero-order valence-corrected chi connectivity index (χ0v) is 14.0. The lowest BCUT2D eigenvalue weighted by atomic mass is 9.96. The van der Waals surface area contributed by atoms with Crippen LogP contribution in [0.4, 0.5) is 0 Å². The van der Waals surface area contributed by atoms with Gasteiger partial charge in [0.1, 0.15) is 0 Å². The standard InChI is InChI=1S/C13H29N3O3S/c1-5-13(4,15-8-10-19-11-9-15)12-14-20(17,18)16(6-2)7-3/h14H,5-12H2,1-4H3. The van der Waals surface area contributed by atoms with E-state index in [1.165, 1.54) is 4.31 Å². The molecule has 1 saturated heterocycles. The SMILES string of the molecule is CCN(CC)S(=O)(=O)NCC(C)(CC)N1CCOCC1. The van der Waals surface area contributed by atoms with Crippen molar-refractivity contribution in [2.24, 2.45) is 0 Å². The van der Waals surface area contributed by atoms with Gasteiger partial charge in [0, 0.05) is 38.3 Å². The fourth-order valence-electron chi connectivity index (χ4n) is 2.47. The van der Waals surface area contributed by atoms with Crippen LogP contribution in [0.15, 0.2) is 0 Å². The van der Waals surface area contributed by atoms with Crippen molar-refractivity contribution in [1.29, 1.82) is 0 Å². The molecule has 0 aromatic carbocycles. The van der Waals surface area contributed by atoms with Crippen LogP contribution in [0.25, 0.3) is 0 Å². The maximum atomic E-state index is 12.2. The van der Waals surface area contributed by atoms with Gasteiger partial charge in [0.25, 0.3) is 10.2 Å². The number of ether oxygens (including phenoxy) is 1. The summed E-state index contributed by atoms with van der Waals surface area (Å²) in [5.41, 5.74) is -0.163. The molecule has 0 aliphatic carbocycles. The van der Waals surface area contributed by atoms with E-state index in [1.54, 1.807) is 0 Å². The van der Waals surface area contributed by atoms with E-state index in [0.29, 0.717) is 19.6 Å². The van der Waals surface area contributed by atoms with Gasteiger partial charge in [-0.25, -0.2) is 4.72 Å². The van der Waals surface area contributed by atoms with Crippen molar-refractivity contribution in [3.05, 3.63) is 0 Å². The van der Waals surface area contributed by atoms with E-state index in [1.807, 2.05) is 13.8 Å². The van der Waals surface area contributed by atoms with Crippen molar-refractivity contribution in [2.75, 3.05) is 45.9 Å². The maximum absolute atomic E-state index is 12.2. The first-order valence-corrected chi connectivity index (χ1v) is 8.91. The predicted octanol–water partition coefficient (Wildman–Crippen LogP) is 0.664. The average molecular weight is 307 g/mol. The van der Waals surface area contributed by atoms with E-state index in [4.69, 9.17) is 4.74 Å². The molecule has 1 N–H and O–H groups in total. The van der Waals surface area contributed by atoms with E-state index < -0.39 is 10.2 Å². The van der Waals surface area contributed by atoms with Crippen molar-refractivity contribution >= 4 is 10.2 Å². The van der Waals surface area contributed by atoms with Crippen LogP contribution >= 0.6 is 0 Å². The third-order valence-electron chi connectivity index (χ3n) is 4.22. The maximum Gasteiger partial charge on any atom is 0.279 e. The van der Waals surface area contributed by atoms with E-state index in [9.17, 15) is 8.42 Å². The summed E-state index contributed by atoms with van der Waals surface area (Å²) in [6.07, 6.45) is 0.897.